The lowest BCUT2D eigenvalue weighted by atomic mass is 10.1. The molecular weight excluding hydrogens is 424 g/mol. The number of nitrogens with zero attached hydrogens (tertiary/aromatic N) is 2. The van der Waals surface area contributed by atoms with E-state index in [9.17, 15) is 9.59 Å². The summed E-state index contributed by atoms with van der Waals surface area (Å²) >= 11 is 1.59. The maximum Gasteiger partial charge on any atom is 0.338 e. The van der Waals surface area contributed by atoms with E-state index in [1.54, 1.807) is 48.2 Å². The van der Waals surface area contributed by atoms with Gasteiger partial charge in [0, 0.05) is 21.6 Å². The number of carbonyl (C=O) groups is 2. The minimum absolute atomic E-state index is 0.253. The Hall–Kier alpha value is -3.71. The van der Waals surface area contributed by atoms with Crippen molar-refractivity contribution in [2.75, 3.05) is 12.9 Å². The second-order valence-corrected chi connectivity index (χ2v) is 7.91. The van der Waals surface area contributed by atoms with E-state index in [0.717, 1.165) is 16.0 Å². The van der Waals surface area contributed by atoms with Gasteiger partial charge in [-0.05, 0) is 61.2 Å². The van der Waals surface area contributed by atoms with Crippen molar-refractivity contribution in [1.29, 1.82) is 0 Å². The zero-order valence-electron chi connectivity index (χ0n) is 17.6. The zero-order valence-corrected chi connectivity index (χ0v) is 18.4. The molecule has 0 unspecified atom stereocenters. The summed E-state index contributed by atoms with van der Waals surface area (Å²) in [6.07, 6.45) is 1.96. The number of Topliss-reactive ketones (excluding diaryl/α,β-unsaturated/α-hetero) is 1. The van der Waals surface area contributed by atoms with Crippen LogP contribution in [0.5, 0.6) is 0 Å². The highest BCUT2D eigenvalue weighted by Gasteiger charge is 2.15. The molecule has 6 nitrogen and oxygen atoms in total. The highest BCUT2D eigenvalue weighted by molar-refractivity contribution is 7.98. The number of aryl methyl sites for hydroxylation is 1. The number of esters is 1. The van der Waals surface area contributed by atoms with Crippen LogP contribution >= 0.6 is 11.8 Å². The average Bonchev–Trinajstić information content (AvgIpc) is 3.33. The van der Waals surface area contributed by atoms with E-state index < -0.39 is 5.97 Å². The van der Waals surface area contributed by atoms with Crippen molar-refractivity contribution in [2.24, 2.45) is 0 Å². The summed E-state index contributed by atoms with van der Waals surface area (Å²) in [5, 5.41) is 8.23. The van der Waals surface area contributed by atoms with Gasteiger partial charge in [0.1, 0.15) is 0 Å². The van der Waals surface area contributed by atoms with E-state index in [0.29, 0.717) is 28.5 Å². The molecule has 1 aromatic heterocycles. The summed E-state index contributed by atoms with van der Waals surface area (Å²) in [6.45, 7) is 1.66. The van der Waals surface area contributed by atoms with Gasteiger partial charge in [-0.25, -0.2) is 4.79 Å². The normalized spacial score (nSPS) is 10.7. The fraction of sp³-hybridized carbons (Fsp3) is 0.120. The van der Waals surface area contributed by atoms with Crippen LogP contribution in [0.2, 0.25) is 0 Å². The third-order valence-corrected chi connectivity index (χ3v) is 5.66. The highest BCUT2D eigenvalue weighted by Crippen LogP contribution is 2.26. The van der Waals surface area contributed by atoms with Gasteiger partial charge < -0.3 is 9.15 Å². The van der Waals surface area contributed by atoms with Crippen LogP contribution in [0, 0.1) is 6.92 Å². The third kappa shape index (κ3) is 4.78. The van der Waals surface area contributed by atoms with Gasteiger partial charge in [-0.15, -0.1) is 22.0 Å². The van der Waals surface area contributed by atoms with Crippen molar-refractivity contribution in [3.63, 3.8) is 0 Å². The molecule has 0 saturated heterocycles. The maximum absolute atomic E-state index is 12.3. The quantitative estimate of drug-likeness (QED) is 0.212. The number of benzene rings is 3. The lowest BCUT2D eigenvalue weighted by Crippen LogP contribution is -2.14. The predicted molar refractivity (Wildman–Crippen MR) is 123 cm³/mol. The van der Waals surface area contributed by atoms with Crippen LogP contribution in [-0.4, -0.2) is 34.8 Å². The molecule has 0 aliphatic heterocycles. The Kier molecular flexibility index (Phi) is 6.47. The first kappa shape index (κ1) is 21.5. The zero-order chi connectivity index (χ0) is 22.5. The first-order valence-electron chi connectivity index (χ1n) is 9.89. The number of thioether (sulfide) groups is 1. The SMILES string of the molecule is CSc1ccc(C(=O)COC(=O)c2ccc(-c3nnc(-c4ccccc4C)o3)cc2)cc1. The second-order valence-electron chi connectivity index (χ2n) is 7.03. The molecule has 0 spiro atoms. The molecule has 0 N–H and O–H groups in total. The van der Waals surface area contributed by atoms with Crippen LogP contribution in [0.3, 0.4) is 0 Å². The minimum atomic E-state index is -0.572. The van der Waals surface area contributed by atoms with Gasteiger partial charge in [-0.1, -0.05) is 30.3 Å². The van der Waals surface area contributed by atoms with E-state index >= 15 is 0 Å². The van der Waals surface area contributed by atoms with Gasteiger partial charge in [0.05, 0.1) is 5.56 Å². The second kappa shape index (κ2) is 9.62. The van der Waals surface area contributed by atoms with Crippen molar-refractivity contribution < 1.29 is 18.7 Å². The van der Waals surface area contributed by atoms with Crippen LogP contribution in [-0.2, 0) is 4.74 Å². The molecule has 4 rings (SSSR count). The lowest BCUT2D eigenvalue weighted by molar-refractivity contribution is 0.0475. The summed E-state index contributed by atoms with van der Waals surface area (Å²) < 4.78 is 11.0. The monoisotopic (exact) mass is 444 g/mol. The molecule has 32 heavy (non-hydrogen) atoms. The highest BCUT2D eigenvalue weighted by atomic mass is 32.2. The molecular formula is C25H20N2O4S. The Balaban J connectivity index is 1.39. The van der Waals surface area contributed by atoms with E-state index in [1.165, 1.54) is 0 Å². The van der Waals surface area contributed by atoms with Crippen LogP contribution in [0.25, 0.3) is 22.9 Å². The fourth-order valence-electron chi connectivity index (χ4n) is 3.09. The molecule has 0 radical (unpaired) electrons. The van der Waals surface area contributed by atoms with Gasteiger partial charge in [0.2, 0.25) is 11.8 Å². The van der Waals surface area contributed by atoms with Crippen LogP contribution in [0.1, 0.15) is 26.3 Å². The summed E-state index contributed by atoms with van der Waals surface area (Å²) in [5.74, 6) is -0.0355. The van der Waals surface area contributed by atoms with Gasteiger partial charge in [0.15, 0.2) is 12.4 Å². The number of aromatic nitrogens is 2. The van der Waals surface area contributed by atoms with Crippen molar-refractivity contribution in [2.45, 2.75) is 11.8 Å². The number of ether oxygens (including phenoxy) is 1. The first-order chi connectivity index (χ1) is 15.5. The Morgan fingerprint density at radius 1 is 0.875 bits per heavy atom. The maximum atomic E-state index is 12.3. The average molecular weight is 445 g/mol. The molecule has 7 heteroatoms. The number of ketones is 1. The standard InChI is InChI=1S/C25H20N2O4S/c1-16-5-3-4-6-21(16)24-27-26-23(31-24)18-7-9-19(10-8-18)25(29)30-15-22(28)17-11-13-20(32-2)14-12-17/h3-14H,15H2,1-2H3. The molecule has 0 bridgehead atoms. The number of hydrogen-bond donors (Lipinski definition) is 0. The van der Waals surface area contributed by atoms with E-state index in [1.807, 2.05) is 49.6 Å². The molecule has 0 amide bonds. The van der Waals surface area contributed by atoms with Crippen molar-refractivity contribution in [3.8, 4) is 22.9 Å². The minimum Gasteiger partial charge on any atom is -0.454 e. The Morgan fingerprint density at radius 2 is 1.53 bits per heavy atom. The summed E-state index contributed by atoms with van der Waals surface area (Å²) in [6, 6.07) is 21.6. The largest absolute Gasteiger partial charge is 0.454 e. The fourth-order valence-corrected chi connectivity index (χ4v) is 3.49. The molecule has 0 aliphatic rings. The van der Waals surface area contributed by atoms with Crippen molar-refractivity contribution >= 4 is 23.5 Å². The summed E-state index contributed by atoms with van der Waals surface area (Å²) in [4.78, 5) is 25.6. The molecule has 160 valence electrons. The Bertz CT molecular complexity index is 1250. The van der Waals surface area contributed by atoms with E-state index in [-0.39, 0.29) is 12.4 Å². The molecule has 0 fully saturated rings. The van der Waals surface area contributed by atoms with Gasteiger partial charge in [-0.2, -0.15) is 0 Å². The predicted octanol–water partition coefficient (Wildman–Crippen LogP) is 5.47. The topological polar surface area (TPSA) is 82.3 Å². The lowest BCUT2D eigenvalue weighted by Gasteiger charge is -2.05. The van der Waals surface area contributed by atoms with Crippen LogP contribution < -0.4 is 0 Å². The Morgan fingerprint density at radius 3 is 2.22 bits per heavy atom. The summed E-state index contributed by atoms with van der Waals surface area (Å²) in [7, 11) is 0. The molecule has 0 atom stereocenters. The molecule has 3 aromatic carbocycles. The first-order valence-corrected chi connectivity index (χ1v) is 11.1. The van der Waals surface area contributed by atoms with Gasteiger partial charge in [0.25, 0.3) is 0 Å². The third-order valence-electron chi connectivity index (χ3n) is 4.91. The van der Waals surface area contributed by atoms with Crippen LogP contribution in [0.4, 0.5) is 0 Å². The molecule has 0 saturated carbocycles. The van der Waals surface area contributed by atoms with Gasteiger partial charge in [-0.3, -0.25) is 4.79 Å². The van der Waals surface area contributed by atoms with Crippen molar-refractivity contribution in [1.82, 2.24) is 10.2 Å². The van der Waals surface area contributed by atoms with E-state index in [4.69, 9.17) is 9.15 Å². The molecule has 1 heterocycles. The van der Waals surface area contributed by atoms with Crippen molar-refractivity contribution in [3.05, 3.63) is 89.5 Å². The number of rotatable bonds is 7. The number of hydrogen-bond acceptors (Lipinski definition) is 7. The van der Waals surface area contributed by atoms with E-state index in [2.05, 4.69) is 10.2 Å². The number of carbonyl (C=O) groups excluding carboxylic acids is 2. The van der Waals surface area contributed by atoms with Crippen LogP contribution in [0.15, 0.2) is 82.1 Å². The summed E-state index contributed by atoms with van der Waals surface area (Å²) in [5.41, 5.74) is 3.43. The smallest absolute Gasteiger partial charge is 0.338 e. The van der Waals surface area contributed by atoms with Gasteiger partial charge >= 0.3 is 5.97 Å². The molecule has 0 aliphatic carbocycles. The molecule has 4 aromatic rings. The Labute approximate surface area is 189 Å².